The molecule has 5 rings (SSSR count). The third-order valence-corrected chi connectivity index (χ3v) is 5.56. The van der Waals surface area contributed by atoms with E-state index in [0.29, 0.717) is 0 Å². The van der Waals surface area contributed by atoms with Crippen LogP contribution in [0.5, 0.6) is 0 Å². The zero-order chi connectivity index (χ0) is 22.2. The number of aromatic amines is 2. The molecule has 0 radical (unpaired) electrons. The normalized spacial score (nSPS) is 12.7. The molecule has 0 amide bonds. The van der Waals surface area contributed by atoms with Crippen LogP contribution >= 0.6 is 0 Å². The van der Waals surface area contributed by atoms with Gasteiger partial charge in [0.25, 0.3) is 0 Å². The lowest BCUT2D eigenvalue weighted by Crippen LogP contribution is -1.91. The van der Waals surface area contributed by atoms with E-state index in [1.807, 2.05) is 49.3 Å². The Bertz CT molecular complexity index is 1520. The molecule has 158 valence electrons. The molecule has 32 heavy (non-hydrogen) atoms. The van der Waals surface area contributed by atoms with Gasteiger partial charge in [-0.15, -0.1) is 0 Å². The molecule has 0 saturated carbocycles. The van der Waals surface area contributed by atoms with E-state index in [2.05, 4.69) is 61.8 Å². The molecule has 0 aliphatic carbocycles. The maximum atomic E-state index is 4.64. The van der Waals surface area contributed by atoms with Gasteiger partial charge in [0.15, 0.2) is 0 Å². The summed E-state index contributed by atoms with van der Waals surface area (Å²) in [5, 5.41) is 9.68. The van der Waals surface area contributed by atoms with Gasteiger partial charge in [0, 0.05) is 23.2 Å². The molecule has 7 heteroatoms. The van der Waals surface area contributed by atoms with Crippen molar-refractivity contribution in [3.8, 4) is 17.1 Å². The minimum Gasteiger partial charge on any atom is -0.338 e. The molecule has 5 heterocycles. The van der Waals surface area contributed by atoms with Gasteiger partial charge in [0.1, 0.15) is 11.3 Å². The molecule has 0 aromatic carbocycles. The summed E-state index contributed by atoms with van der Waals surface area (Å²) in [4.78, 5) is 16.9. The Hall–Kier alpha value is -4.26. The Morgan fingerprint density at radius 3 is 2.78 bits per heavy atom. The molecule has 0 atom stereocenters. The summed E-state index contributed by atoms with van der Waals surface area (Å²) in [5.74, 6) is 0. The van der Waals surface area contributed by atoms with Crippen molar-refractivity contribution in [2.75, 3.05) is 0 Å². The molecule has 0 aliphatic rings. The molecule has 2 N–H and O–H groups in total. The zero-order valence-electron chi connectivity index (χ0n) is 18.2. The number of nitrogens with zero attached hydrogens (tertiary/aromatic N) is 5. The molecule has 7 nitrogen and oxygen atoms in total. The van der Waals surface area contributed by atoms with Crippen molar-refractivity contribution in [2.24, 2.45) is 0 Å². The van der Waals surface area contributed by atoms with Crippen molar-refractivity contribution in [1.29, 1.82) is 0 Å². The predicted molar refractivity (Wildman–Crippen MR) is 128 cm³/mol. The van der Waals surface area contributed by atoms with E-state index in [1.54, 1.807) is 12.3 Å². The van der Waals surface area contributed by atoms with Crippen LogP contribution in [0.3, 0.4) is 0 Å². The summed E-state index contributed by atoms with van der Waals surface area (Å²) in [6.45, 7) is 9.85. The van der Waals surface area contributed by atoms with Gasteiger partial charge in [-0.2, -0.15) is 5.10 Å². The number of pyridine rings is 2. The van der Waals surface area contributed by atoms with Crippen LogP contribution in [0.25, 0.3) is 44.6 Å². The van der Waals surface area contributed by atoms with Crippen LogP contribution < -0.4 is 0 Å². The smallest absolute Gasteiger partial charge is 0.139 e. The second kappa shape index (κ2) is 7.77. The lowest BCUT2D eigenvalue weighted by molar-refractivity contribution is 1.06. The van der Waals surface area contributed by atoms with E-state index in [4.69, 9.17) is 0 Å². The van der Waals surface area contributed by atoms with Crippen molar-refractivity contribution in [2.45, 2.75) is 20.8 Å². The standard InChI is InChI=1S/C25H23N7/c1-5-7-15(3)17(6-2)20-10-18-22(12-27-20)30-31-24(18)21-11-19-23(8-9-26-25(19)29-21)32-13-16(4)28-14-32/h5-14H,1H2,2-4H3,(H,26,29)(H,30,31)/b15-7-,17-6+. The molecule has 0 spiro atoms. The molecular weight excluding hydrogens is 398 g/mol. The van der Waals surface area contributed by atoms with Crippen LogP contribution in [-0.2, 0) is 0 Å². The maximum Gasteiger partial charge on any atom is 0.139 e. The molecule has 0 bridgehead atoms. The van der Waals surface area contributed by atoms with Gasteiger partial charge in [-0.1, -0.05) is 24.8 Å². The fourth-order valence-corrected chi connectivity index (χ4v) is 4.03. The third-order valence-electron chi connectivity index (χ3n) is 5.56. The van der Waals surface area contributed by atoms with Gasteiger partial charge in [-0.05, 0) is 50.1 Å². The van der Waals surface area contributed by atoms with Gasteiger partial charge in [0.2, 0.25) is 0 Å². The van der Waals surface area contributed by atoms with E-state index in [9.17, 15) is 0 Å². The average Bonchev–Trinajstić information content (AvgIpc) is 3.51. The number of nitrogens with one attached hydrogen (secondary N) is 2. The Balaban J connectivity index is 1.65. The largest absolute Gasteiger partial charge is 0.338 e. The molecule has 0 saturated heterocycles. The van der Waals surface area contributed by atoms with E-state index in [1.165, 1.54) is 0 Å². The predicted octanol–water partition coefficient (Wildman–Crippen LogP) is 5.53. The number of fused-ring (bicyclic) bond motifs is 2. The number of aryl methyl sites for hydroxylation is 1. The molecular formula is C25H23N7. The Morgan fingerprint density at radius 2 is 2.03 bits per heavy atom. The highest BCUT2D eigenvalue weighted by atomic mass is 15.1. The zero-order valence-corrected chi connectivity index (χ0v) is 18.2. The lowest BCUT2D eigenvalue weighted by Gasteiger charge is -2.07. The van der Waals surface area contributed by atoms with Crippen LogP contribution in [0.1, 0.15) is 25.2 Å². The van der Waals surface area contributed by atoms with E-state index in [0.717, 1.165) is 61.5 Å². The quantitative estimate of drug-likeness (QED) is 0.365. The number of imidazole rings is 1. The summed E-state index contributed by atoms with van der Waals surface area (Å²) in [5.41, 5.74) is 8.43. The number of allylic oxidation sites excluding steroid dienone is 5. The number of rotatable bonds is 5. The summed E-state index contributed by atoms with van der Waals surface area (Å²) < 4.78 is 2.01. The van der Waals surface area contributed by atoms with Crippen molar-refractivity contribution < 1.29 is 0 Å². The second-order valence-electron chi connectivity index (χ2n) is 7.67. The van der Waals surface area contributed by atoms with Crippen molar-refractivity contribution >= 4 is 27.5 Å². The van der Waals surface area contributed by atoms with Crippen LogP contribution in [-0.4, -0.2) is 34.7 Å². The van der Waals surface area contributed by atoms with Crippen LogP contribution in [0.15, 0.2) is 73.5 Å². The monoisotopic (exact) mass is 421 g/mol. The van der Waals surface area contributed by atoms with Gasteiger partial charge in [-0.3, -0.25) is 10.1 Å². The SMILES string of the molecule is C=C/C=C(C)\C(=C/C)c1cc2c(-c3cc4c(-n5cnc(C)c5)ccnc4[nH]3)n[nH]c2cn1. The molecule has 0 fully saturated rings. The highest BCUT2D eigenvalue weighted by molar-refractivity contribution is 5.98. The van der Waals surface area contributed by atoms with Crippen molar-refractivity contribution in [3.63, 3.8) is 0 Å². The molecule has 0 unspecified atom stereocenters. The first-order valence-electron chi connectivity index (χ1n) is 10.4. The fraction of sp³-hybridized carbons (Fsp3) is 0.120. The second-order valence-corrected chi connectivity index (χ2v) is 7.67. The average molecular weight is 422 g/mol. The third kappa shape index (κ3) is 3.24. The van der Waals surface area contributed by atoms with Crippen molar-refractivity contribution in [3.05, 3.63) is 84.9 Å². The summed E-state index contributed by atoms with van der Waals surface area (Å²) in [6, 6.07) is 6.14. The summed E-state index contributed by atoms with van der Waals surface area (Å²) in [7, 11) is 0. The van der Waals surface area contributed by atoms with Crippen LogP contribution in [0, 0.1) is 6.92 Å². The molecule has 0 aliphatic heterocycles. The molecule has 5 aromatic rings. The van der Waals surface area contributed by atoms with Crippen LogP contribution in [0.4, 0.5) is 0 Å². The first-order valence-corrected chi connectivity index (χ1v) is 10.4. The Morgan fingerprint density at radius 1 is 1.16 bits per heavy atom. The highest BCUT2D eigenvalue weighted by Crippen LogP contribution is 2.32. The minimum atomic E-state index is 0.799. The summed E-state index contributed by atoms with van der Waals surface area (Å²) in [6.07, 6.45) is 13.3. The Labute approximate surface area is 185 Å². The van der Waals surface area contributed by atoms with Crippen molar-refractivity contribution in [1.82, 2.24) is 34.7 Å². The first kappa shape index (κ1) is 19.7. The summed E-state index contributed by atoms with van der Waals surface area (Å²) >= 11 is 0. The number of aromatic nitrogens is 7. The fourth-order valence-electron chi connectivity index (χ4n) is 4.03. The van der Waals surface area contributed by atoms with Gasteiger partial charge >= 0.3 is 0 Å². The van der Waals surface area contributed by atoms with E-state index < -0.39 is 0 Å². The number of hydrogen-bond acceptors (Lipinski definition) is 4. The van der Waals surface area contributed by atoms with Crippen LogP contribution in [0.2, 0.25) is 0 Å². The van der Waals surface area contributed by atoms with Gasteiger partial charge in [0.05, 0.1) is 40.8 Å². The topological polar surface area (TPSA) is 88.1 Å². The van der Waals surface area contributed by atoms with Gasteiger partial charge in [-0.25, -0.2) is 9.97 Å². The first-order chi connectivity index (χ1) is 15.6. The number of hydrogen-bond donors (Lipinski definition) is 2. The number of H-pyrrole nitrogens is 2. The minimum absolute atomic E-state index is 0.799. The highest BCUT2D eigenvalue weighted by Gasteiger charge is 2.16. The van der Waals surface area contributed by atoms with E-state index in [-0.39, 0.29) is 0 Å². The lowest BCUT2D eigenvalue weighted by atomic mass is 10.0. The van der Waals surface area contributed by atoms with E-state index >= 15 is 0 Å². The Kier molecular flexibility index (Phi) is 4.78. The molecule has 5 aromatic heterocycles. The van der Waals surface area contributed by atoms with Gasteiger partial charge < -0.3 is 9.55 Å². The maximum absolute atomic E-state index is 4.64.